The third-order valence-electron chi connectivity index (χ3n) is 3.61. The van der Waals surface area contributed by atoms with Crippen LogP contribution < -0.4 is 34.5 Å². The van der Waals surface area contributed by atoms with E-state index in [9.17, 15) is 13.0 Å². The molecule has 0 bridgehead atoms. The molecule has 0 heterocycles. The van der Waals surface area contributed by atoms with E-state index >= 15 is 0 Å². The van der Waals surface area contributed by atoms with Crippen LogP contribution in [-0.4, -0.2) is 26.1 Å². The van der Waals surface area contributed by atoms with E-state index < -0.39 is 10.1 Å². The summed E-state index contributed by atoms with van der Waals surface area (Å²) in [6.45, 7) is 6.36. The van der Waals surface area contributed by atoms with E-state index in [2.05, 4.69) is 29.0 Å². The molecular formula is C18H22N3NaO3S. The van der Waals surface area contributed by atoms with Crippen LogP contribution in [0.15, 0.2) is 63.7 Å². The van der Waals surface area contributed by atoms with Crippen LogP contribution in [0.5, 0.6) is 0 Å². The van der Waals surface area contributed by atoms with Gasteiger partial charge in [-0.3, -0.25) is 0 Å². The van der Waals surface area contributed by atoms with E-state index in [-0.39, 0.29) is 34.5 Å². The van der Waals surface area contributed by atoms with Gasteiger partial charge in [0.1, 0.15) is 10.1 Å². The van der Waals surface area contributed by atoms with Crippen LogP contribution in [0, 0.1) is 0 Å². The van der Waals surface area contributed by atoms with Gasteiger partial charge in [0.15, 0.2) is 0 Å². The second kappa shape index (κ2) is 10.8. The summed E-state index contributed by atoms with van der Waals surface area (Å²) in [6.07, 6.45) is 2.19. The normalized spacial score (nSPS) is 11.3. The molecule has 0 spiro atoms. The van der Waals surface area contributed by atoms with E-state index in [1.165, 1.54) is 24.3 Å². The Hall–Kier alpha value is -1.25. The second-order valence-corrected chi connectivity index (χ2v) is 7.03. The van der Waals surface area contributed by atoms with Gasteiger partial charge in [0.2, 0.25) is 0 Å². The molecule has 6 nitrogen and oxygen atoms in total. The largest absolute Gasteiger partial charge is 1.00 e. The quantitative estimate of drug-likeness (QED) is 0.394. The van der Waals surface area contributed by atoms with Crippen molar-refractivity contribution in [1.29, 1.82) is 0 Å². The Labute approximate surface area is 177 Å². The number of nitrogens with zero attached hydrogens (tertiary/aromatic N) is 3. The Kier molecular flexibility index (Phi) is 9.46. The van der Waals surface area contributed by atoms with Crippen LogP contribution in [0.3, 0.4) is 0 Å². The van der Waals surface area contributed by atoms with Gasteiger partial charge in [-0.15, -0.1) is 0 Å². The minimum absolute atomic E-state index is 0. The second-order valence-electron chi connectivity index (χ2n) is 5.65. The summed E-state index contributed by atoms with van der Waals surface area (Å²) in [5.74, 6) is 0. The van der Waals surface area contributed by atoms with Crippen LogP contribution >= 0.6 is 0 Å². The van der Waals surface area contributed by atoms with Gasteiger partial charge in [0.25, 0.3) is 0 Å². The molecule has 2 aromatic carbocycles. The monoisotopic (exact) mass is 383 g/mol. The van der Waals surface area contributed by atoms with E-state index in [0.29, 0.717) is 11.4 Å². The fraction of sp³-hybridized carbons (Fsp3) is 0.333. The fourth-order valence-electron chi connectivity index (χ4n) is 2.43. The van der Waals surface area contributed by atoms with Crippen molar-refractivity contribution in [3.8, 4) is 0 Å². The van der Waals surface area contributed by atoms with Crippen molar-refractivity contribution in [2.45, 2.75) is 31.6 Å². The van der Waals surface area contributed by atoms with E-state index in [4.69, 9.17) is 0 Å². The molecule has 0 N–H and O–H groups in total. The number of hydrogen-bond donors (Lipinski definition) is 0. The van der Waals surface area contributed by atoms with Crippen molar-refractivity contribution in [3.63, 3.8) is 0 Å². The maximum absolute atomic E-state index is 10.9. The molecule has 0 aliphatic rings. The summed E-state index contributed by atoms with van der Waals surface area (Å²) in [5, 5.41) is 8.20. The van der Waals surface area contributed by atoms with Crippen molar-refractivity contribution in [2.24, 2.45) is 10.2 Å². The first kappa shape index (κ1) is 22.8. The first-order valence-electron chi connectivity index (χ1n) is 8.26. The van der Waals surface area contributed by atoms with Gasteiger partial charge in [0, 0.05) is 18.8 Å². The Bertz CT molecular complexity index is 801. The maximum Gasteiger partial charge on any atom is 1.00 e. The van der Waals surface area contributed by atoms with Gasteiger partial charge in [-0.25, -0.2) is 8.42 Å². The Balaban J connectivity index is 0.00000338. The van der Waals surface area contributed by atoms with Gasteiger partial charge in [-0.05, 0) is 61.4 Å². The number of azo groups is 1. The summed E-state index contributed by atoms with van der Waals surface area (Å²) in [4.78, 5) is 2.06. The number of anilines is 1. The maximum atomic E-state index is 10.9. The SMILES string of the molecule is CCCN(CCC)c1ccc(N=Nc2ccc(S(=O)(=O)[O-])cc2)cc1.[Na+]. The molecule has 0 fully saturated rings. The molecule has 0 atom stereocenters. The van der Waals surface area contributed by atoms with Crippen molar-refractivity contribution < 1.29 is 42.5 Å². The van der Waals surface area contributed by atoms with Crippen LogP contribution in [-0.2, 0) is 10.1 Å². The Morgan fingerprint density at radius 1 is 0.846 bits per heavy atom. The van der Waals surface area contributed by atoms with Crippen molar-refractivity contribution in [3.05, 3.63) is 48.5 Å². The first-order chi connectivity index (χ1) is 11.9. The van der Waals surface area contributed by atoms with Gasteiger partial charge < -0.3 is 9.45 Å². The number of hydrogen-bond acceptors (Lipinski definition) is 6. The summed E-state index contributed by atoms with van der Waals surface area (Å²) in [5.41, 5.74) is 2.35. The summed E-state index contributed by atoms with van der Waals surface area (Å²) >= 11 is 0. The predicted molar refractivity (Wildman–Crippen MR) is 97.8 cm³/mol. The van der Waals surface area contributed by atoms with E-state index in [1.54, 1.807) is 0 Å². The molecule has 0 aromatic heterocycles. The third kappa shape index (κ3) is 6.81. The van der Waals surface area contributed by atoms with Crippen LogP contribution in [0.2, 0.25) is 0 Å². The fourth-order valence-corrected chi connectivity index (χ4v) is 2.90. The average molecular weight is 383 g/mol. The van der Waals surface area contributed by atoms with Gasteiger partial charge in [-0.2, -0.15) is 10.2 Å². The molecule has 0 saturated carbocycles. The number of rotatable bonds is 8. The zero-order valence-corrected chi connectivity index (χ0v) is 18.2. The first-order valence-corrected chi connectivity index (χ1v) is 9.67. The van der Waals surface area contributed by atoms with E-state index in [1.807, 2.05) is 24.3 Å². The van der Waals surface area contributed by atoms with Gasteiger partial charge >= 0.3 is 29.6 Å². The molecule has 2 rings (SSSR count). The molecule has 26 heavy (non-hydrogen) atoms. The van der Waals surface area contributed by atoms with Crippen molar-refractivity contribution in [2.75, 3.05) is 18.0 Å². The molecule has 0 radical (unpaired) electrons. The topological polar surface area (TPSA) is 85.2 Å². The summed E-state index contributed by atoms with van der Waals surface area (Å²) in [6, 6.07) is 13.2. The van der Waals surface area contributed by atoms with Gasteiger partial charge in [0.05, 0.1) is 16.3 Å². The average Bonchev–Trinajstić information content (AvgIpc) is 2.60. The zero-order chi connectivity index (χ0) is 18.3. The molecule has 0 aliphatic heterocycles. The van der Waals surface area contributed by atoms with Crippen molar-refractivity contribution in [1.82, 2.24) is 0 Å². The number of benzene rings is 2. The summed E-state index contributed by atoms with van der Waals surface area (Å²) in [7, 11) is -4.44. The van der Waals surface area contributed by atoms with Crippen LogP contribution in [0.1, 0.15) is 26.7 Å². The smallest absolute Gasteiger partial charge is 0.744 e. The van der Waals surface area contributed by atoms with Crippen LogP contribution in [0.25, 0.3) is 0 Å². The van der Waals surface area contributed by atoms with Gasteiger partial charge in [-0.1, -0.05) is 13.8 Å². The molecular weight excluding hydrogens is 361 g/mol. The Morgan fingerprint density at radius 3 is 1.65 bits per heavy atom. The molecule has 8 heteroatoms. The summed E-state index contributed by atoms with van der Waals surface area (Å²) < 4.78 is 32.7. The van der Waals surface area contributed by atoms with Crippen LogP contribution in [0.4, 0.5) is 17.1 Å². The molecule has 0 saturated heterocycles. The zero-order valence-electron chi connectivity index (χ0n) is 15.4. The Morgan fingerprint density at radius 2 is 1.27 bits per heavy atom. The molecule has 0 unspecified atom stereocenters. The minimum atomic E-state index is -4.44. The third-order valence-corrected chi connectivity index (χ3v) is 4.46. The molecule has 0 amide bonds. The standard InChI is InChI=1S/C18H23N3O3S.Na/c1-3-13-21(14-4-2)17-9-5-15(6-10-17)19-20-16-7-11-18(12-8-16)25(22,23)24;/h5-12H,3-4,13-14H2,1-2H3,(H,22,23,24);/q;+1/p-1. The van der Waals surface area contributed by atoms with E-state index in [0.717, 1.165) is 31.6 Å². The molecule has 2 aromatic rings. The molecule has 0 aliphatic carbocycles. The minimum Gasteiger partial charge on any atom is -0.744 e. The van der Waals surface area contributed by atoms with Crippen molar-refractivity contribution >= 4 is 27.2 Å². The molecule has 134 valence electrons. The predicted octanol–water partition coefficient (Wildman–Crippen LogP) is 1.64.